The minimum absolute atomic E-state index is 0.199. The minimum Gasteiger partial charge on any atom is -0.329 e. The largest absolute Gasteiger partial charge is 0.329 e. The summed E-state index contributed by atoms with van der Waals surface area (Å²) in [4.78, 5) is 4.38. The van der Waals surface area contributed by atoms with Gasteiger partial charge in [0.2, 0.25) is 0 Å². The van der Waals surface area contributed by atoms with Crippen molar-refractivity contribution in [2.45, 2.75) is 38.6 Å². The monoisotopic (exact) mass is 273 g/mol. The fourth-order valence-corrected chi connectivity index (χ4v) is 3.18. The Labute approximate surface area is 120 Å². The number of aromatic nitrogens is 4. The molecule has 3 heterocycles. The van der Waals surface area contributed by atoms with Gasteiger partial charge in [0.1, 0.15) is 0 Å². The van der Waals surface area contributed by atoms with Crippen LogP contribution in [0.4, 0.5) is 0 Å². The van der Waals surface area contributed by atoms with Crippen molar-refractivity contribution in [3.05, 3.63) is 35.7 Å². The SMILES string of the molecule is CCc1nn(C)cc1Cn1cncc1C1(C)CCNC1. The van der Waals surface area contributed by atoms with Crippen LogP contribution in [0, 0.1) is 0 Å². The van der Waals surface area contributed by atoms with Crippen LogP contribution in [0.3, 0.4) is 0 Å². The van der Waals surface area contributed by atoms with E-state index in [1.54, 1.807) is 0 Å². The zero-order chi connectivity index (χ0) is 14.2. The molecule has 1 aliphatic rings. The highest BCUT2D eigenvalue weighted by Gasteiger charge is 2.33. The summed E-state index contributed by atoms with van der Waals surface area (Å²) >= 11 is 0. The number of nitrogens with zero attached hydrogens (tertiary/aromatic N) is 4. The molecule has 0 aromatic carbocycles. The Bertz CT molecular complexity index is 589. The van der Waals surface area contributed by atoms with E-state index in [2.05, 4.69) is 40.0 Å². The second kappa shape index (κ2) is 5.05. The second-order valence-electron chi connectivity index (χ2n) is 6.02. The van der Waals surface area contributed by atoms with E-state index in [9.17, 15) is 0 Å². The van der Waals surface area contributed by atoms with Crippen LogP contribution in [0.25, 0.3) is 0 Å². The number of imidazole rings is 1. The van der Waals surface area contributed by atoms with E-state index in [1.165, 1.54) is 23.4 Å². The Kier molecular flexibility index (Phi) is 3.38. The van der Waals surface area contributed by atoms with E-state index in [1.807, 2.05) is 24.3 Å². The molecule has 0 amide bonds. The summed E-state index contributed by atoms with van der Waals surface area (Å²) in [5.41, 5.74) is 4.00. The van der Waals surface area contributed by atoms with Crippen molar-refractivity contribution in [3.8, 4) is 0 Å². The molecule has 0 spiro atoms. The van der Waals surface area contributed by atoms with Gasteiger partial charge in [0.15, 0.2) is 0 Å². The summed E-state index contributed by atoms with van der Waals surface area (Å²) in [6.45, 7) is 7.47. The average Bonchev–Trinajstić information content (AvgIpc) is 3.11. The maximum atomic E-state index is 4.52. The first-order valence-electron chi connectivity index (χ1n) is 7.35. The zero-order valence-corrected chi connectivity index (χ0v) is 12.6. The van der Waals surface area contributed by atoms with Crippen LogP contribution in [0.5, 0.6) is 0 Å². The predicted octanol–water partition coefficient (Wildman–Crippen LogP) is 1.48. The van der Waals surface area contributed by atoms with Crippen molar-refractivity contribution in [1.29, 1.82) is 0 Å². The summed E-state index contributed by atoms with van der Waals surface area (Å²) < 4.78 is 4.19. The van der Waals surface area contributed by atoms with Crippen molar-refractivity contribution in [1.82, 2.24) is 24.6 Å². The molecule has 0 radical (unpaired) electrons. The van der Waals surface area contributed by atoms with Crippen molar-refractivity contribution in [2.75, 3.05) is 13.1 Å². The highest BCUT2D eigenvalue weighted by Crippen LogP contribution is 2.30. The van der Waals surface area contributed by atoms with Gasteiger partial charge in [-0.3, -0.25) is 4.68 Å². The molecule has 1 unspecified atom stereocenters. The van der Waals surface area contributed by atoms with E-state index < -0.39 is 0 Å². The lowest BCUT2D eigenvalue weighted by Crippen LogP contribution is -2.28. The van der Waals surface area contributed by atoms with Gasteiger partial charge in [-0.05, 0) is 19.4 Å². The van der Waals surface area contributed by atoms with Crippen molar-refractivity contribution < 1.29 is 0 Å². The molecule has 5 heteroatoms. The van der Waals surface area contributed by atoms with Crippen molar-refractivity contribution >= 4 is 0 Å². The van der Waals surface area contributed by atoms with E-state index in [4.69, 9.17) is 0 Å². The van der Waals surface area contributed by atoms with Crippen molar-refractivity contribution in [3.63, 3.8) is 0 Å². The Morgan fingerprint density at radius 3 is 3.00 bits per heavy atom. The van der Waals surface area contributed by atoms with Gasteiger partial charge in [0.25, 0.3) is 0 Å². The summed E-state index contributed by atoms with van der Waals surface area (Å²) in [6.07, 6.45) is 8.24. The Morgan fingerprint density at radius 1 is 1.45 bits per heavy atom. The molecule has 0 saturated carbocycles. The molecular formula is C15H23N5. The zero-order valence-electron chi connectivity index (χ0n) is 12.6. The molecule has 2 aromatic heterocycles. The van der Waals surface area contributed by atoms with Crippen LogP contribution in [-0.2, 0) is 25.4 Å². The lowest BCUT2D eigenvalue weighted by Gasteiger charge is -2.24. The highest BCUT2D eigenvalue weighted by molar-refractivity contribution is 5.22. The van der Waals surface area contributed by atoms with Gasteiger partial charge in [0, 0.05) is 42.7 Å². The first-order chi connectivity index (χ1) is 9.62. The molecule has 2 aromatic rings. The Morgan fingerprint density at radius 2 is 2.30 bits per heavy atom. The lowest BCUT2D eigenvalue weighted by molar-refractivity contribution is 0.481. The molecule has 1 aliphatic heterocycles. The smallest absolute Gasteiger partial charge is 0.0951 e. The molecule has 0 bridgehead atoms. The van der Waals surface area contributed by atoms with Crippen LogP contribution in [0.15, 0.2) is 18.7 Å². The third-order valence-electron chi connectivity index (χ3n) is 4.37. The van der Waals surface area contributed by atoms with Crippen LogP contribution in [-0.4, -0.2) is 32.4 Å². The maximum absolute atomic E-state index is 4.52. The van der Waals surface area contributed by atoms with E-state index >= 15 is 0 Å². The number of aryl methyl sites for hydroxylation is 2. The highest BCUT2D eigenvalue weighted by atomic mass is 15.3. The quantitative estimate of drug-likeness (QED) is 0.918. The van der Waals surface area contributed by atoms with Crippen LogP contribution < -0.4 is 5.32 Å². The molecule has 20 heavy (non-hydrogen) atoms. The maximum Gasteiger partial charge on any atom is 0.0951 e. The van der Waals surface area contributed by atoms with E-state index in [0.717, 1.165) is 26.1 Å². The fraction of sp³-hybridized carbons (Fsp3) is 0.600. The third kappa shape index (κ3) is 2.26. The average molecular weight is 273 g/mol. The first-order valence-corrected chi connectivity index (χ1v) is 7.35. The topological polar surface area (TPSA) is 47.7 Å². The number of nitrogens with one attached hydrogen (secondary N) is 1. The Balaban J connectivity index is 1.90. The van der Waals surface area contributed by atoms with Gasteiger partial charge in [-0.25, -0.2) is 4.98 Å². The molecule has 5 nitrogen and oxygen atoms in total. The van der Waals surface area contributed by atoms with Gasteiger partial charge < -0.3 is 9.88 Å². The number of hydrogen-bond donors (Lipinski definition) is 1. The first kappa shape index (κ1) is 13.4. The van der Waals surface area contributed by atoms with E-state index in [0.29, 0.717) is 0 Å². The second-order valence-corrected chi connectivity index (χ2v) is 6.02. The molecule has 0 aliphatic carbocycles. The van der Waals surface area contributed by atoms with Gasteiger partial charge in [-0.15, -0.1) is 0 Å². The van der Waals surface area contributed by atoms with Crippen LogP contribution >= 0.6 is 0 Å². The molecule has 108 valence electrons. The fourth-order valence-electron chi connectivity index (χ4n) is 3.18. The van der Waals surface area contributed by atoms with Gasteiger partial charge in [-0.2, -0.15) is 5.10 Å². The molecule has 1 fully saturated rings. The number of rotatable bonds is 4. The Hall–Kier alpha value is -1.62. The molecule has 3 rings (SSSR count). The predicted molar refractivity (Wildman–Crippen MR) is 78.8 cm³/mol. The summed E-state index contributed by atoms with van der Waals surface area (Å²) in [7, 11) is 1.99. The van der Waals surface area contributed by atoms with Crippen molar-refractivity contribution in [2.24, 2.45) is 7.05 Å². The van der Waals surface area contributed by atoms with Gasteiger partial charge in [-0.1, -0.05) is 13.8 Å². The molecular weight excluding hydrogens is 250 g/mol. The molecule has 1 N–H and O–H groups in total. The van der Waals surface area contributed by atoms with Crippen LogP contribution in [0.1, 0.15) is 37.2 Å². The molecule has 1 saturated heterocycles. The molecule has 1 atom stereocenters. The normalized spacial score (nSPS) is 22.6. The summed E-state index contributed by atoms with van der Waals surface area (Å²) in [5, 5.41) is 7.99. The summed E-state index contributed by atoms with van der Waals surface area (Å²) in [5.74, 6) is 0. The van der Waals surface area contributed by atoms with Gasteiger partial charge in [0.05, 0.1) is 18.6 Å². The summed E-state index contributed by atoms with van der Waals surface area (Å²) in [6, 6.07) is 0. The number of hydrogen-bond acceptors (Lipinski definition) is 3. The minimum atomic E-state index is 0.199. The third-order valence-corrected chi connectivity index (χ3v) is 4.37. The lowest BCUT2D eigenvalue weighted by atomic mass is 9.86. The van der Waals surface area contributed by atoms with Crippen LogP contribution in [0.2, 0.25) is 0 Å². The standard InChI is InChI=1S/C15H23N5/c1-4-13-12(8-19(3)18-13)9-20-11-17-7-14(20)15(2)5-6-16-10-15/h7-8,11,16H,4-6,9-10H2,1-3H3. The van der Waals surface area contributed by atoms with E-state index in [-0.39, 0.29) is 5.41 Å². The van der Waals surface area contributed by atoms with Gasteiger partial charge >= 0.3 is 0 Å².